The van der Waals surface area contributed by atoms with E-state index in [4.69, 9.17) is 5.11 Å². The fourth-order valence-corrected chi connectivity index (χ4v) is 3.21. The monoisotopic (exact) mass is 366 g/mol. The van der Waals surface area contributed by atoms with Gasteiger partial charge < -0.3 is 15.3 Å². The van der Waals surface area contributed by atoms with Crippen LogP contribution in [-0.2, 0) is 11.2 Å². The molecule has 1 aliphatic heterocycles. The molecule has 140 valence electrons. The van der Waals surface area contributed by atoms with Gasteiger partial charge in [0.25, 0.3) is 5.91 Å². The molecule has 3 rings (SSSR count). The van der Waals surface area contributed by atoms with Crippen LogP contribution in [0.4, 0.5) is 0 Å². The molecule has 0 radical (unpaired) electrons. The highest BCUT2D eigenvalue weighted by Crippen LogP contribution is 2.13. The van der Waals surface area contributed by atoms with Crippen LogP contribution in [0.1, 0.15) is 39.1 Å². The maximum Gasteiger partial charge on any atom is 0.335 e. The van der Waals surface area contributed by atoms with Crippen molar-refractivity contribution in [1.82, 2.24) is 10.2 Å². The Kier molecular flexibility index (Phi) is 5.86. The Morgan fingerprint density at radius 1 is 0.926 bits per heavy atom. The zero-order valence-electron chi connectivity index (χ0n) is 14.9. The first-order valence-electron chi connectivity index (χ1n) is 9.01. The van der Waals surface area contributed by atoms with Gasteiger partial charge in [0.1, 0.15) is 6.04 Å². The van der Waals surface area contributed by atoms with Gasteiger partial charge in [-0.15, -0.1) is 0 Å². The van der Waals surface area contributed by atoms with Gasteiger partial charge in [-0.05, 0) is 42.7 Å². The molecule has 0 saturated carbocycles. The van der Waals surface area contributed by atoms with E-state index in [1.807, 2.05) is 30.3 Å². The molecule has 6 nitrogen and oxygen atoms in total. The van der Waals surface area contributed by atoms with Crippen LogP contribution in [0.3, 0.4) is 0 Å². The van der Waals surface area contributed by atoms with E-state index in [1.165, 1.54) is 24.3 Å². The van der Waals surface area contributed by atoms with Crippen molar-refractivity contribution in [2.24, 2.45) is 0 Å². The summed E-state index contributed by atoms with van der Waals surface area (Å²) >= 11 is 0. The Balaban J connectivity index is 1.76. The predicted molar refractivity (Wildman–Crippen MR) is 101 cm³/mol. The van der Waals surface area contributed by atoms with E-state index in [9.17, 15) is 14.4 Å². The minimum Gasteiger partial charge on any atom is -0.478 e. The lowest BCUT2D eigenvalue weighted by Crippen LogP contribution is -2.49. The van der Waals surface area contributed by atoms with E-state index in [1.54, 1.807) is 4.90 Å². The second kappa shape index (κ2) is 8.49. The Labute approximate surface area is 157 Å². The van der Waals surface area contributed by atoms with E-state index < -0.39 is 12.0 Å². The van der Waals surface area contributed by atoms with Gasteiger partial charge in [-0.1, -0.05) is 30.3 Å². The largest absolute Gasteiger partial charge is 0.478 e. The molecule has 1 heterocycles. The molecule has 0 aromatic heterocycles. The van der Waals surface area contributed by atoms with Crippen LogP contribution in [0.2, 0.25) is 0 Å². The number of likely N-dealkylation sites (tertiary alicyclic amines) is 1. The number of nitrogens with one attached hydrogen (secondary N) is 1. The first kappa shape index (κ1) is 18.6. The van der Waals surface area contributed by atoms with E-state index in [0.29, 0.717) is 25.1 Å². The number of rotatable bonds is 6. The first-order chi connectivity index (χ1) is 13.0. The van der Waals surface area contributed by atoms with Crippen LogP contribution in [0, 0.1) is 0 Å². The minimum atomic E-state index is -1.05. The molecule has 1 unspecified atom stereocenters. The molecular weight excluding hydrogens is 344 g/mol. The normalized spacial score (nSPS) is 14.6. The number of hydrogen-bond acceptors (Lipinski definition) is 3. The summed E-state index contributed by atoms with van der Waals surface area (Å²) in [5.74, 6) is -1.51. The number of carboxylic acids is 1. The minimum absolute atomic E-state index is 0.0770. The van der Waals surface area contributed by atoms with Crippen LogP contribution < -0.4 is 5.32 Å². The van der Waals surface area contributed by atoms with Gasteiger partial charge in [-0.25, -0.2) is 4.79 Å². The lowest BCUT2D eigenvalue weighted by Gasteiger charge is -2.24. The van der Waals surface area contributed by atoms with Gasteiger partial charge in [-0.2, -0.15) is 0 Å². The van der Waals surface area contributed by atoms with Crippen molar-refractivity contribution in [3.63, 3.8) is 0 Å². The molecule has 0 aliphatic carbocycles. The summed E-state index contributed by atoms with van der Waals surface area (Å²) in [7, 11) is 0. The Bertz CT molecular complexity index is 812. The first-order valence-corrected chi connectivity index (χ1v) is 9.01. The molecule has 1 fully saturated rings. The van der Waals surface area contributed by atoms with Crippen molar-refractivity contribution in [2.45, 2.75) is 25.3 Å². The highest BCUT2D eigenvalue weighted by molar-refractivity contribution is 5.98. The predicted octanol–water partition coefficient (Wildman–Crippen LogP) is 2.35. The second-order valence-corrected chi connectivity index (χ2v) is 6.63. The topological polar surface area (TPSA) is 86.7 Å². The Morgan fingerprint density at radius 3 is 2.11 bits per heavy atom. The highest BCUT2D eigenvalue weighted by atomic mass is 16.4. The van der Waals surface area contributed by atoms with Crippen molar-refractivity contribution in [1.29, 1.82) is 0 Å². The number of nitrogens with zero attached hydrogens (tertiary/aromatic N) is 1. The molecule has 1 aliphatic rings. The Morgan fingerprint density at radius 2 is 1.52 bits per heavy atom. The summed E-state index contributed by atoms with van der Waals surface area (Å²) in [6.45, 7) is 1.43. The Hall–Kier alpha value is -3.15. The van der Waals surface area contributed by atoms with Crippen molar-refractivity contribution in [3.8, 4) is 0 Å². The summed E-state index contributed by atoms with van der Waals surface area (Å²) in [5.41, 5.74) is 1.41. The van der Waals surface area contributed by atoms with E-state index >= 15 is 0 Å². The van der Waals surface area contributed by atoms with Gasteiger partial charge in [0.15, 0.2) is 0 Å². The zero-order chi connectivity index (χ0) is 19.2. The van der Waals surface area contributed by atoms with Crippen LogP contribution in [-0.4, -0.2) is 46.9 Å². The van der Waals surface area contributed by atoms with Gasteiger partial charge >= 0.3 is 5.97 Å². The number of benzene rings is 2. The number of carboxylic acid groups (broad SMARTS) is 1. The number of aromatic carboxylic acids is 1. The number of hydrogen-bond donors (Lipinski definition) is 2. The lowest BCUT2D eigenvalue weighted by molar-refractivity contribution is -0.132. The number of carbonyl (C=O) groups excluding carboxylic acids is 2. The molecule has 2 amide bonds. The molecule has 2 N–H and O–H groups in total. The third-order valence-electron chi connectivity index (χ3n) is 4.70. The molecule has 1 atom stereocenters. The second-order valence-electron chi connectivity index (χ2n) is 6.63. The SMILES string of the molecule is O=C(O)c1ccc(C(=O)NC(Cc2ccccc2)C(=O)N2CCCC2)cc1. The fourth-order valence-electron chi connectivity index (χ4n) is 3.21. The molecule has 2 aromatic carbocycles. The highest BCUT2D eigenvalue weighted by Gasteiger charge is 2.28. The van der Waals surface area contributed by atoms with Crippen molar-refractivity contribution < 1.29 is 19.5 Å². The summed E-state index contributed by atoms with van der Waals surface area (Å²) in [6.07, 6.45) is 2.37. The average Bonchev–Trinajstić information content (AvgIpc) is 3.22. The quantitative estimate of drug-likeness (QED) is 0.822. The lowest BCUT2D eigenvalue weighted by atomic mass is 10.0. The van der Waals surface area contributed by atoms with Crippen molar-refractivity contribution in [2.75, 3.05) is 13.1 Å². The van der Waals surface area contributed by atoms with Crippen LogP contribution >= 0.6 is 0 Å². The van der Waals surface area contributed by atoms with Gasteiger partial charge in [-0.3, -0.25) is 9.59 Å². The van der Waals surface area contributed by atoms with Gasteiger partial charge in [0, 0.05) is 25.1 Å². The van der Waals surface area contributed by atoms with Crippen LogP contribution in [0.15, 0.2) is 54.6 Å². The third kappa shape index (κ3) is 4.73. The summed E-state index contributed by atoms with van der Waals surface area (Å²) in [4.78, 5) is 38.3. The molecule has 27 heavy (non-hydrogen) atoms. The van der Waals surface area contributed by atoms with Gasteiger partial charge in [0.2, 0.25) is 5.91 Å². The summed E-state index contributed by atoms with van der Waals surface area (Å²) < 4.78 is 0. The average molecular weight is 366 g/mol. The molecule has 2 aromatic rings. The smallest absolute Gasteiger partial charge is 0.335 e. The molecule has 0 spiro atoms. The van der Waals surface area contributed by atoms with Crippen molar-refractivity contribution in [3.05, 3.63) is 71.3 Å². The fraction of sp³-hybridized carbons (Fsp3) is 0.286. The van der Waals surface area contributed by atoms with Crippen LogP contribution in [0.25, 0.3) is 0 Å². The maximum absolute atomic E-state index is 12.9. The molecule has 0 bridgehead atoms. The maximum atomic E-state index is 12.9. The van der Waals surface area contributed by atoms with Crippen molar-refractivity contribution >= 4 is 17.8 Å². The molecule has 6 heteroatoms. The molecule has 1 saturated heterocycles. The van der Waals surface area contributed by atoms with Gasteiger partial charge in [0.05, 0.1) is 5.56 Å². The summed E-state index contributed by atoms with van der Waals surface area (Å²) in [6, 6.07) is 14.6. The zero-order valence-corrected chi connectivity index (χ0v) is 14.9. The number of amides is 2. The van der Waals surface area contributed by atoms with E-state index in [-0.39, 0.29) is 17.4 Å². The standard InChI is InChI=1S/C21H22N2O4/c24-19(16-8-10-17(11-9-16)21(26)27)22-18(14-15-6-2-1-3-7-15)20(25)23-12-4-5-13-23/h1-3,6-11,18H,4-5,12-14H2,(H,22,24)(H,26,27). The van der Waals surface area contributed by atoms with Crippen LogP contribution in [0.5, 0.6) is 0 Å². The molecular formula is C21H22N2O4. The van der Waals surface area contributed by atoms with E-state index in [2.05, 4.69) is 5.32 Å². The number of carbonyl (C=O) groups is 3. The third-order valence-corrected chi connectivity index (χ3v) is 4.70. The summed E-state index contributed by atoms with van der Waals surface area (Å²) in [5, 5.41) is 11.8. The van der Waals surface area contributed by atoms with E-state index in [0.717, 1.165) is 18.4 Å².